The van der Waals surface area contributed by atoms with Crippen molar-refractivity contribution in [3.8, 4) is 23.5 Å². The molecule has 0 aliphatic heterocycles. The fourth-order valence-electron chi connectivity index (χ4n) is 5.57. The highest BCUT2D eigenvalue weighted by Gasteiger charge is 2.27. The predicted molar refractivity (Wildman–Crippen MR) is 157 cm³/mol. The highest BCUT2D eigenvalue weighted by atomic mass is 32.1. The van der Waals surface area contributed by atoms with Gasteiger partial charge in [-0.2, -0.15) is 0 Å². The number of rotatable bonds is 6. The van der Waals surface area contributed by atoms with Crippen molar-refractivity contribution in [1.29, 1.82) is 0 Å². The predicted octanol–water partition coefficient (Wildman–Crippen LogP) is 9.22. The number of hydrogen-bond acceptors (Lipinski definition) is 2. The third-order valence-corrected chi connectivity index (χ3v) is 9.25. The minimum atomic E-state index is 0.520. The van der Waals surface area contributed by atoms with Gasteiger partial charge in [-0.05, 0) is 103 Å². The number of benzene rings is 3. The lowest BCUT2D eigenvalue weighted by molar-refractivity contribution is 0.198. The first kappa shape index (κ1) is 24.4. The van der Waals surface area contributed by atoms with E-state index in [2.05, 4.69) is 86.2 Å². The van der Waals surface area contributed by atoms with Crippen LogP contribution in [0.5, 0.6) is 0 Å². The summed E-state index contributed by atoms with van der Waals surface area (Å²) in [6.45, 7) is 12.5. The third kappa shape index (κ3) is 4.86. The SMILES string of the molecule is C#Cc1cccc(-c2ccc(C)c(CN(C(=C)c3sc4ccccc4c3C)C3CCC(C)CC3)c2)c1. The molecule has 1 saturated carbocycles. The quantitative estimate of drug-likeness (QED) is 0.244. The van der Waals surface area contributed by atoms with Gasteiger partial charge in [0.1, 0.15) is 0 Å². The second-order valence-corrected chi connectivity index (χ2v) is 11.5. The van der Waals surface area contributed by atoms with Crippen LogP contribution in [0.25, 0.3) is 26.9 Å². The van der Waals surface area contributed by atoms with E-state index in [1.165, 1.54) is 74.2 Å². The summed E-state index contributed by atoms with van der Waals surface area (Å²) in [7, 11) is 0. The van der Waals surface area contributed by atoms with E-state index in [9.17, 15) is 0 Å². The number of nitrogens with zero attached hydrogens (tertiary/aromatic N) is 1. The molecular formula is C34H35NS. The van der Waals surface area contributed by atoms with Crippen LogP contribution in [0.15, 0.2) is 73.3 Å². The molecule has 1 heterocycles. The number of fused-ring (bicyclic) bond motifs is 1. The van der Waals surface area contributed by atoms with Gasteiger partial charge in [-0.15, -0.1) is 17.8 Å². The zero-order chi connectivity index (χ0) is 25.2. The monoisotopic (exact) mass is 489 g/mol. The molecule has 1 aromatic heterocycles. The third-order valence-electron chi connectivity index (χ3n) is 7.93. The van der Waals surface area contributed by atoms with Gasteiger partial charge in [0.05, 0.1) is 4.88 Å². The van der Waals surface area contributed by atoms with Crippen LogP contribution in [0, 0.1) is 32.1 Å². The second-order valence-electron chi connectivity index (χ2n) is 10.4. The van der Waals surface area contributed by atoms with Gasteiger partial charge in [0, 0.05) is 28.5 Å². The lowest BCUT2D eigenvalue weighted by Gasteiger charge is -2.39. The van der Waals surface area contributed by atoms with E-state index in [4.69, 9.17) is 13.0 Å². The molecule has 36 heavy (non-hydrogen) atoms. The fourth-order valence-corrected chi connectivity index (χ4v) is 6.77. The molecule has 5 rings (SSSR count). The lowest BCUT2D eigenvalue weighted by atomic mass is 9.86. The molecule has 3 aromatic carbocycles. The van der Waals surface area contributed by atoms with Gasteiger partial charge in [-0.25, -0.2) is 0 Å². The van der Waals surface area contributed by atoms with Crippen LogP contribution < -0.4 is 0 Å². The van der Waals surface area contributed by atoms with E-state index >= 15 is 0 Å². The molecule has 0 atom stereocenters. The van der Waals surface area contributed by atoms with E-state index in [0.717, 1.165) is 18.0 Å². The summed E-state index contributed by atoms with van der Waals surface area (Å²) >= 11 is 1.88. The van der Waals surface area contributed by atoms with Crippen LogP contribution in [0.2, 0.25) is 0 Å². The molecule has 0 amide bonds. The molecule has 1 nitrogen and oxygen atoms in total. The van der Waals surface area contributed by atoms with Crippen LogP contribution in [0.4, 0.5) is 0 Å². The Bertz CT molecular complexity index is 1440. The molecule has 4 aromatic rings. The average molecular weight is 490 g/mol. The van der Waals surface area contributed by atoms with E-state index in [0.29, 0.717) is 6.04 Å². The molecule has 2 heteroatoms. The molecule has 0 N–H and O–H groups in total. The van der Waals surface area contributed by atoms with E-state index < -0.39 is 0 Å². The highest BCUT2D eigenvalue weighted by Crippen LogP contribution is 2.40. The van der Waals surface area contributed by atoms with Crippen molar-refractivity contribution in [2.24, 2.45) is 5.92 Å². The molecule has 0 radical (unpaired) electrons. The maximum Gasteiger partial charge on any atom is 0.0539 e. The van der Waals surface area contributed by atoms with Crippen molar-refractivity contribution in [1.82, 2.24) is 4.90 Å². The number of aryl methyl sites for hydroxylation is 2. The Morgan fingerprint density at radius 3 is 2.47 bits per heavy atom. The van der Waals surface area contributed by atoms with E-state index in [1.54, 1.807) is 0 Å². The van der Waals surface area contributed by atoms with Gasteiger partial charge in [-0.3, -0.25) is 0 Å². The van der Waals surface area contributed by atoms with Crippen molar-refractivity contribution < 1.29 is 0 Å². The van der Waals surface area contributed by atoms with Crippen LogP contribution in [0.1, 0.15) is 59.7 Å². The maximum absolute atomic E-state index is 5.67. The van der Waals surface area contributed by atoms with Gasteiger partial charge >= 0.3 is 0 Å². The minimum absolute atomic E-state index is 0.520. The zero-order valence-corrected chi connectivity index (χ0v) is 22.5. The first-order valence-corrected chi connectivity index (χ1v) is 13.9. The summed E-state index contributed by atoms with van der Waals surface area (Å²) in [6, 6.07) is 24.4. The molecule has 0 unspecified atom stereocenters. The lowest BCUT2D eigenvalue weighted by Crippen LogP contribution is -2.36. The average Bonchev–Trinajstić information content (AvgIpc) is 3.25. The standard InChI is InChI=1S/C34H35NS/c1-6-27-10-9-11-28(20-27)29-17-16-24(3)30(21-29)22-35(31-18-14-23(2)15-19-31)26(5)34-25(4)32-12-7-8-13-33(32)36-34/h1,7-13,16-17,20-21,23,31H,5,14-15,18-19,22H2,2-4H3. The summed E-state index contributed by atoms with van der Waals surface area (Å²) in [4.78, 5) is 3.94. The van der Waals surface area contributed by atoms with E-state index in [-0.39, 0.29) is 0 Å². The van der Waals surface area contributed by atoms with Gasteiger partial charge in [0.15, 0.2) is 0 Å². The van der Waals surface area contributed by atoms with Crippen molar-refractivity contribution in [3.05, 3.63) is 100 Å². The highest BCUT2D eigenvalue weighted by molar-refractivity contribution is 7.20. The Balaban J connectivity index is 1.52. The topological polar surface area (TPSA) is 3.24 Å². The Morgan fingerprint density at radius 1 is 0.972 bits per heavy atom. The minimum Gasteiger partial charge on any atom is -0.364 e. The van der Waals surface area contributed by atoms with Crippen LogP contribution in [-0.2, 0) is 6.54 Å². The van der Waals surface area contributed by atoms with E-state index in [1.807, 2.05) is 23.5 Å². The molecule has 0 bridgehead atoms. The summed E-state index contributed by atoms with van der Waals surface area (Å²) < 4.78 is 1.34. The molecule has 0 saturated heterocycles. The zero-order valence-electron chi connectivity index (χ0n) is 21.7. The van der Waals surface area contributed by atoms with Crippen molar-refractivity contribution >= 4 is 27.1 Å². The largest absolute Gasteiger partial charge is 0.364 e. The summed E-state index contributed by atoms with van der Waals surface area (Å²) in [5, 5.41) is 1.35. The van der Waals surface area contributed by atoms with Crippen LogP contribution in [0.3, 0.4) is 0 Å². The second kappa shape index (κ2) is 10.4. The van der Waals surface area contributed by atoms with Crippen molar-refractivity contribution in [2.45, 2.75) is 59.0 Å². The summed E-state index contributed by atoms with van der Waals surface area (Å²) in [5.41, 5.74) is 8.51. The van der Waals surface area contributed by atoms with Gasteiger partial charge in [-0.1, -0.05) is 61.9 Å². The maximum atomic E-state index is 5.67. The molecular weight excluding hydrogens is 454 g/mol. The summed E-state index contributed by atoms with van der Waals surface area (Å²) in [6.07, 6.45) is 10.7. The number of terminal acetylenes is 1. The number of thiophene rings is 1. The van der Waals surface area contributed by atoms with Gasteiger partial charge < -0.3 is 4.90 Å². The van der Waals surface area contributed by atoms with Gasteiger partial charge in [0.25, 0.3) is 0 Å². The van der Waals surface area contributed by atoms with Crippen molar-refractivity contribution in [3.63, 3.8) is 0 Å². The van der Waals surface area contributed by atoms with Crippen LogP contribution >= 0.6 is 11.3 Å². The fraction of sp³-hybridized carbons (Fsp3) is 0.294. The molecule has 182 valence electrons. The Labute approximate surface area is 220 Å². The smallest absolute Gasteiger partial charge is 0.0539 e. The molecule has 1 fully saturated rings. The summed E-state index contributed by atoms with van der Waals surface area (Å²) in [5.74, 6) is 3.59. The van der Waals surface area contributed by atoms with Crippen molar-refractivity contribution in [2.75, 3.05) is 0 Å². The first-order valence-electron chi connectivity index (χ1n) is 13.0. The van der Waals surface area contributed by atoms with Crippen LogP contribution in [-0.4, -0.2) is 10.9 Å². The molecule has 1 aliphatic rings. The molecule has 1 aliphatic carbocycles. The Morgan fingerprint density at radius 2 is 1.72 bits per heavy atom. The number of hydrogen-bond donors (Lipinski definition) is 0. The Kier molecular flexibility index (Phi) is 7.04. The Hall–Kier alpha value is -3.28. The first-order chi connectivity index (χ1) is 17.4. The van der Waals surface area contributed by atoms with Gasteiger partial charge in [0.2, 0.25) is 0 Å². The normalized spacial score (nSPS) is 17.6. The molecule has 0 spiro atoms.